The number of aliphatic hydroxyl groups excluding tert-OH is 2. The summed E-state index contributed by atoms with van der Waals surface area (Å²) in [5.74, 6) is 0.0250. The third kappa shape index (κ3) is 5.39. The number of rotatable bonds is 8. The molecule has 40 heavy (non-hydrogen) atoms. The topological polar surface area (TPSA) is 252 Å². The van der Waals surface area contributed by atoms with E-state index < -0.39 is 79.9 Å². The first-order valence-electron chi connectivity index (χ1n) is 11.6. The maximum absolute atomic E-state index is 12.8. The van der Waals surface area contributed by atoms with Crippen LogP contribution in [0.3, 0.4) is 0 Å². The number of nitrogens with zero attached hydrogens (tertiary/aromatic N) is 6. The van der Waals surface area contributed by atoms with Gasteiger partial charge in [0, 0.05) is 0 Å². The summed E-state index contributed by atoms with van der Waals surface area (Å²) in [6.45, 7) is 0.225. The fourth-order valence-electron chi connectivity index (χ4n) is 4.36. The normalized spacial score (nSPS) is 32.0. The second-order valence-electron chi connectivity index (χ2n) is 8.91. The van der Waals surface area contributed by atoms with Crippen LogP contribution in [0.4, 0.5) is 5.95 Å². The molecule has 218 valence electrons. The molecule has 5 heterocycles. The Bertz CT molecular complexity index is 1570. The predicted octanol–water partition coefficient (Wildman–Crippen LogP) is -1.47. The number of halogens is 2. The van der Waals surface area contributed by atoms with E-state index in [0.29, 0.717) is 5.82 Å². The van der Waals surface area contributed by atoms with E-state index in [2.05, 4.69) is 24.9 Å². The van der Waals surface area contributed by atoms with Gasteiger partial charge in [-0.1, -0.05) is 0 Å². The highest BCUT2D eigenvalue weighted by Gasteiger charge is 2.50. The van der Waals surface area contributed by atoms with Crippen LogP contribution in [0.15, 0.2) is 22.2 Å². The number of alkyl halides is 2. The van der Waals surface area contributed by atoms with Crippen molar-refractivity contribution in [3.8, 4) is 0 Å². The molecule has 6 N–H and O–H groups in total. The number of anilines is 1. The Hall–Kier alpha value is -2.51. The Morgan fingerprint density at radius 3 is 2.50 bits per heavy atom. The van der Waals surface area contributed by atoms with Gasteiger partial charge in [-0.2, -0.15) is 4.98 Å². The lowest BCUT2D eigenvalue weighted by molar-refractivity contribution is -0.0567. The van der Waals surface area contributed by atoms with Gasteiger partial charge in [0.25, 0.3) is 5.56 Å². The highest BCUT2D eigenvalue weighted by molar-refractivity contribution is 7.47. The molecule has 0 aromatic carbocycles. The standard InChI is InChI=1S/C19H23Cl2N8O10P/c1-6-25-14-11(15(32)26-6)23-4-28(14)17-10(21)13(7(2-30)37-17)39-40(34,35)36-3-8-12(31)9(20)16(38-8)29-5-24-18(22)27-19(29)33/h4-5,7-10,12-13,16-17,30-31H,2-3H2,1H3,(H,34,35)(H2,22,27,33)(H,25,26,32)/t7-,8-,9+,10+,12?,13?,16-,17-/m1/s1. The van der Waals surface area contributed by atoms with Crippen molar-refractivity contribution in [1.29, 1.82) is 0 Å². The number of ether oxygens (including phenoxy) is 2. The molecular formula is C19H23Cl2N8O10P. The molecule has 21 heteroatoms. The number of hydrogen-bond donors (Lipinski definition) is 5. The van der Waals surface area contributed by atoms with Gasteiger partial charge in [-0.15, -0.1) is 23.2 Å². The molecule has 2 aliphatic heterocycles. The molecule has 0 spiro atoms. The number of aliphatic hydroxyl groups is 2. The summed E-state index contributed by atoms with van der Waals surface area (Å²) in [5, 5.41) is 17.9. The highest BCUT2D eigenvalue weighted by atomic mass is 35.5. The minimum Gasteiger partial charge on any atom is -0.394 e. The molecular weight excluding hydrogens is 602 g/mol. The molecule has 0 saturated carbocycles. The van der Waals surface area contributed by atoms with Gasteiger partial charge in [-0.05, 0) is 6.92 Å². The lowest BCUT2D eigenvalue weighted by Gasteiger charge is -2.23. The number of nitrogens with two attached hydrogens (primary N) is 1. The zero-order valence-electron chi connectivity index (χ0n) is 20.4. The number of aromatic amines is 1. The minimum absolute atomic E-state index is 0.0120. The van der Waals surface area contributed by atoms with E-state index >= 15 is 0 Å². The first kappa shape index (κ1) is 29.0. The smallest absolute Gasteiger partial charge is 0.394 e. The number of phosphoric ester groups is 1. The van der Waals surface area contributed by atoms with E-state index in [1.807, 2.05) is 0 Å². The maximum Gasteiger partial charge on any atom is 0.472 e. The third-order valence-corrected chi connectivity index (χ3v) is 8.16. The van der Waals surface area contributed by atoms with Gasteiger partial charge < -0.3 is 35.3 Å². The number of fused-ring (bicyclic) bond motifs is 1. The Kier molecular flexibility index (Phi) is 8.01. The van der Waals surface area contributed by atoms with E-state index in [9.17, 15) is 29.3 Å². The average Bonchev–Trinajstić information content (AvgIpc) is 3.53. The van der Waals surface area contributed by atoms with E-state index in [0.717, 1.165) is 10.9 Å². The SMILES string of the molecule is Cc1nc2c(ncn2[C@@H]2O[C@H](CO)C(OP(=O)(O)OC[C@H]3O[C@@H](n4cnc(N)nc4=O)[C@@H](Cl)C3O)[C@@H]2Cl)c(=O)[nH]1. The molecule has 0 bridgehead atoms. The number of phosphoric acid groups is 1. The van der Waals surface area contributed by atoms with Gasteiger partial charge in [0.1, 0.15) is 47.3 Å². The average molecular weight is 625 g/mol. The first-order chi connectivity index (χ1) is 18.9. The van der Waals surface area contributed by atoms with E-state index in [-0.39, 0.29) is 17.1 Å². The third-order valence-electron chi connectivity index (χ3n) is 6.24. The molecule has 5 rings (SSSR count). The molecule has 2 saturated heterocycles. The number of aromatic nitrogens is 7. The van der Waals surface area contributed by atoms with Crippen molar-refractivity contribution in [2.45, 2.75) is 54.5 Å². The largest absolute Gasteiger partial charge is 0.472 e. The van der Waals surface area contributed by atoms with Gasteiger partial charge >= 0.3 is 13.5 Å². The zero-order chi connectivity index (χ0) is 28.9. The maximum atomic E-state index is 12.8. The van der Waals surface area contributed by atoms with E-state index in [1.54, 1.807) is 6.92 Å². The van der Waals surface area contributed by atoms with Crippen LogP contribution in [0.2, 0.25) is 0 Å². The summed E-state index contributed by atoms with van der Waals surface area (Å²) >= 11 is 12.7. The molecule has 3 unspecified atom stereocenters. The number of nitrogens with one attached hydrogen (secondary N) is 1. The van der Waals surface area contributed by atoms with Crippen molar-refractivity contribution >= 4 is 48.1 Å². The van der Waals surface area contributed by atoms with Crippen molar-refractivity contribution in [2.75, 3.05) is 18.9 Å². The number of nitrogen functional groups attached to an aromatic ring is 1. The summed E-state index contributed by atoms with van der Waals surface area (Å²) in [6.07, 6.45) is -5.30. The second-order valence-corrected chi connectivity index (χ2v) is 11.3. The summed E-state index contributed by atoms with van der Waals surface area (Å²) < 4.78 is 36.7. The monoisotopic (exact) mass is 624 g/mol. The molecule has 3 aromatic heterocycles. The van der Waals surface area contributed by atoms with Gasteiger partial charge in [0.05, 0.1) is 19.5 Å². The van der Waals surface area contributed by atoms with Crippen molar-refractivity contribution in [3.63, 3.8) is 0 Å². The fourth-order valence-corrected chi connectivity index (χ4v) is 6.14. The molecule has 0 aliphatic carbocycles. The Morgan fingerprint density at radius 1 is 1.12 bits per heavy atom. The van der Waals surface area contributed by atoms with Crippen LogP contribution >= 0.6 is 31.0 Å². The highest BCUT2D eigenvalue weighted by Crippen LogP contribution is 2.50. The fraction of sp³-hybridized carbons (Fsp3) is 0.579. The summed E-state index contributed by atoms with van der Waals surface area (Å²) in [5.41, 5.74) is 4.20. The van der Waals surface area contributed by atoms with Crippen LogP contribution in [-0.2, 0) is 23.1 Å². The van der Waals surface area contributed by atoms with E-state index in [1.165, 1.54) is 10.9 Å². The second kappa shape index (κ2) is 11.1. The number of imidazole rings is 1. The molecule has 2 aliphatic rings. The first-order valence-corrected chi connectivity index (χ1v) is 13.9. The van der Waals surface area contributed by atoms with Crippen LogP contribution in [-0.4, -0.2) is 97.5 Å². The Balaban J connectivity index is 1.28. The number of aryl methyl sites for hydroxylation is 1. The Labute approximate surface area is 233 Å². The van der Waals surface area contributed by atoms with Crippen molar-refractivity contribution < 1.29 is 38.2 Å². The van der Waals surface area contributed by atoms with Crippen LogP contribution in [0.5, 0.6) is 0 Å². The quantitative estimate of drug-likeness (QED) is 0.141. The number of H-pyrrole nitrogens is 1. The minimum atomic E-state index is -4.92. The zero-order valence-corrected chi connectivity index (χ0v) is 22.8. The van der Waals surface area contributed by atoms with Gasteiger partial charge in [0.15, 0.2) is 23.6 Å². The molecule has 0 amide bonds. The van der Waals surface area contributed by atoms with Crippen molar-refractivity contribution in [2.24, 2.45) is 0 Å². The van der Waals surface area contributed by atoms with Crippen LogP contribution in [0.1, 0.15) is 18.3 Å². The number of hydrogen-bond acceptors (Lipinski definition) is 14. The summed E-state index contributed by atoms with van der Waals surface area (Å²) in [6, 6.07) is 0. The molecule has 2 fully saturated rings. The van der Waals surface area contributed by atoms with Crippen LogP contribution < -0.4 is 17.0 Å². The molecule has 3 aromatic rings. The van der Waals surface area contributed by atoms with Crippen molar-refractivity contribution in [3.05, 3.63) is 39.3 Å². The summed E-state index contributed by atoms with van der Waals surface area (Å²) in [4.78, 5) is 52.6. The van der Waals surface area contributed by atoms with E-state index in [4.69, 9.17) is 47.5 Å². The Morgan fingerprint density at radius 2 is 1.80 bits per heavy atom. The van der Waals surface area contributed by atoms with Gasteiger partial charge in [-0.25, -0.2) is 24.3 Å². The van der Waals surface area contributed by atoms with Gasteiger partial charge in [-0.3, -0.25) is 23.0 Å². The lowest BCUT2D eigenvalue weighted by Crippen LogP contribution is -2.34. The van der Waals surface area contributed by atoms with Crippen LogP contribution in [0, 0.1) is 6.92 Å². The molecule has 9 atom stereocenters. The predicted molar refractivity (Wildman–Crippen MR) is 134 cm³/mol. The summed E-state index contributed by atoms with van der Waals surface area (Å²) in [7, 11) is -4.92. The van der Waals surface area contributed by atoms with Crippen LogP contribution in [0.25, 0.3) is 11.2 Å². The molecule has 18 nitrogen and oxygen atoms in total. The molecule has 0 radical (unpaired) electrons. The lowest BCUT2D eigenvalue weighted by atomic mass is 10.2. The van der Waals surface area contributed by atoms with Crippen molar-refractivity contribution in [1.82, 2.24) is 34.1 Å². The van der Waals surface area contributed by atoms with Gasteiger partial charge in [0.2, 0.25) is 5.95 Å².